The molecule has 3 rings (SSSR count). The normalized spacial score (nSPS) is 21.0. The first-order valence-corrected chi connectivity index (χ1v) is 7.64. The predicted octanol–water partition coefficient (Wildman–Crippen LogP) is 1.51. The Morgan fingerprint density at radius 3 is 2.52 bits per heavy atom. The summed E-state index contributed by atoms with van der Waals surface area (Å²) < 4.78 is 13.0. The zero-order valence-corrected chi connectivity index (χ0v) is 12.8. The molecule has 4 amide bonds. The van der Waals surface area contributed by atoms with Crippen LogP contribution in [0, 0.1) is 11.7 Å². The van der Waals surface area contributed by atoms with Gasteiger partial charge in [0.1, 0.15) is 18.4 Å². The number of urea groups is 1. The van der Waals surface area contributed by atoms with E-state index in [9.17, 15) is 18.8 Å². The van der Waals surface area contributed by atoms with Crippen LogP contribution in [0.2, 0.25) is 0 Å². The van der Waals surface area contributed by atoms with Gasteiger partial charge < -0.3 is 5.32 Å². The molecular weight excluding hydrogens is 301 g/mol. The van der Waals surface area contributed by atoms with Gasteiger partial charge in [0.15, 0.2) is 0 Å². The van der Waals surface area contributed by atoms with Crippen LogP contribution in [0.1, 0.15) is 19.8 Å². The first-order valence-electron chi connectivity index (χ1n) is 7.64. The molecule has 2 fully saturated rings. The predicted molar refractivity (Wildman–Crippen MR) is 81.2 cm³/mol. The monoisotopic (exact) mass is 319 g/mol. The first-order chi connectivity index (χ1) is 11.0. The van der Waals surface area contributed by atoms with Crippen molar-refractivity contribution in [1.82, 2.24) is 10.2 Å². The van der Waals surface area contributed by atoms with Gasteiger partial charge in [-0.05, 0) is 49.9 Å². The molecule has 6 nitrogen and oxygen atoms in total. The second kappa shape index (κ2) is 5.98. The van der Waals surface area contributed by atoms with Crippen LogP contribution in [0.5, 0.6) is 0 Å². The fourth-order valence-electron chi connectivity index (χ4n) is 2.59. The summed E-state index contributed by atoms with van der Waals surface area (Å²) in [6, 6.07) is 4.05. The fraction of sp³-hybridized carbons (Fsp3) is 0.438. The zero-order valence-electron chi connectivity index (χ0n) is 12.8. The van der Waals surface area contributed by atoms with Crippen LogP contribution in [-0.2, 0) is 9.59 Å². The van der Waals surface area contributed by atoms with Gasteiger partial charge in [0, 0.05) is 12.2 Å². The Kier molecular flexibility index (Phi) is 4.02. The third kappa shape index (κ3) is 3.18. The molecule has 0 spiro atoms. The highest BCUT2D eigenvalue weighted by atomic mass is 19.1. The summed E-state index contributed by atoms with van der Waals surface area (Å²) in [6.45, 7) is 1.89. The third-order valence-electron chi connectivity index (χ3n) is 4.14. The van der Waals surface area contributed by atoms with Gasteiger partial charge in [0.05, 0.1) is 0 Å². The number of hydrogen-bond acceptors (Lipinski definition) is 3. The highest BCUT2D eigenvalue weighted by Crippen LogP contribution is 2.28. The molecule has 0 bridgehead atoms. The molecule has 23 heavy (non-hydrogen) atoms. The van der Waals surface area contributed by atoms with Crippen LogP contribution >= 0.6 is 0 Å². The summed E-state index contributed by atoms with van der Waals surface area (Å²) in [7, 11) is 0. The van der Waals surface area contributed by atoms with Crippen molar-refractivity contribution >= 4 is 23.5 Å². The molecule has 1 aromatic rings. The van der Waals surface area contributed by atoms with Crippen LogP contribution in [0.25, 0.3) is 0 Å². The number of imide groups is 1. The van der Waals surface area contributed by atoms with Crippen LogP contribution in [-0.4, -0.2) is 41.9 Å². The van der Waals surface area contributed by atoms with Gasteiger partial charge in [-0.15, -0.1) is 0 Å². The summed E-state index contributed by atoms with van der Waals surface area (Å²) in [6.07, 6.45) is 2.22. The number of nitrogens with one attached hydrogen (secondary N) is 1. The molecule has 1 N–H and O–H groups in total. The first kappa shape index (κ1) is 15.5. The lowest BCUT2D eigenvalue weighted by Gasteiger charge is -2.19. The second-order valence-corrected chi connectivity index (χ2v) is 5.98. The fourth-order valence-corrected chi connectivity index (χ4v) is 2.59. The number of anilines is 1. The van der Waals surface area contributed by atoms with E-state index in [1.54, 1.807) is 6.92 Å². The van der Waals surface area contributed by atoms with Gasteiger partial charge >= 0.3 is 6.03 Å². The van der Waals surface area contributed by atoms with E-state index in [4.69, 9.17) is 0 Å². The van der Waals surface area contributed by atoms with E-state index in [-0.39, 0.29) is 12.5 Å². The van der Waals surface area contributed by atoms with Crippen molar-refractivity contribution in [2.24, 2.45) is 5.92 Å². The van der Waals surface area contributed by atoms with Gasteiger partial charge in [-0.3, -0.25) is 19.4 Å². The molecule has 1 atom stereocenters. The molecule has 1 saturated heterocycles. The Labute approximate surface area is 133 Å². The Hall–Kier alpha value is -2.44. The van der Waals surface area contributed by atoms with E-state index in [1.807, 2.05) is 0 Å². The summed E-state index contributed by atoms with van der Waals surface area (Å²) in [4.78, 5) is 38.8. The number of benzene rings is 1. The van der Waals surface area contributed by atoms with Crippen molar-refractivity contribution in [2.75, 3.05) is 18.0 Å². The van der Waals surface area contributed by atoms with Gasteiger partial charge in [-0.1, -0.05) is 0 Å². The van der Waals surface area contributed by atoms with Gasteiger partial charge in [-0.25, -0.2) is 9.18 Å². The molecule has 7 heteroatoms. The Morgan fingerprint density at radius 1 is 1.26 bits per heavy atom. The van der Waals surface area contributed by atoms with E-state index < -0.39 is 23.8 Å². The number of halogens is 1. The van der Waals surface area contributed by atoms with Gasteiger partial charge in [0.2, 0.25) is 5.91 Å². The maximum Gasteiger partial charge on any atom is 0.332 e. The number of amides is 4. The molecule has 122 valence electrons. The van der Waals surface area contributed by atoms with Crippen molar-refractivity contribution < 1.29 is 18.8 Å². The Morgan fingerprint density at radius 2 is 1.91 bits per heavy atom. The van der Waals surface area contributed by atoms with E-state index in [1.165, 1.54) is 29.2 Å². The highest BCUT2D eigenvalue weighted by molar-refractivity contribution is 6.15. The maximum atomic E-state index is 13.0. The van der Waals surface area contributed by atoms with Crippen molar-refractivity contribution in [2.45, 2.75) is 25.8 Å². The molecule has 1 aromatic carbocycles. The van der Waals surface area contributed by atoms with E-state index in [2.05, 4.69) is 5.32 Å². The lowest BCUT2D eigenvalue weighted by atomic mass is 10.2. The van der Waals surface area contributed by atoms with Crippen LogP contribution in [0.3, 0.4) is 0 Å². The Bertz CT molecular complexity index is 642. The minimum absolute atomic E-state index is 0.285. The molecule has 1 aliphatic heterocycles. The lowest BCUT2D eigenvalue weighted by molar-refractivity contribution is -0.131. The average molecular weight is 319 g/mol. The van der Waals surface area contributed by atoms with E-state index in [0.717, 1.165) is 17.7 Å². The van der Waals surface area contributed by atoms with Crippen molar-refractivity contribution in [3.63, 3.8) is 0 Å². The Balaban J connectivity index is 1.69. The summed E-state index contributed by atoms with van der Waals surface area (Å²) in [5.74, 6) is -0.665. The van der Waals surface area contributed by atoms with E-state index >= 15 is 0 Å². The second-order valence-electron chi connectivity index (χ2n) is 5.98. The molecule has 1 aliphatic carbocycles. The minimum atomic E-state index is -0.718. The molecule has 1 saturated carbocycles. The minimum Gasteiger partial charge on any atom is -0.354 e. The summed E-state index contributed by atoms with van der Waals surface area (Å²) in [5.41, 5.74) is 0.429. The van der Waals surface area contributed by atoms with Crippen molar-refractivity contribution in [1.29, 1.82) is 0 Å². The van der Waals surface area contributed by atoms with Gasteiger partial charge in [-0.2, -0.15) is 0 Å². The number of carbonyl (C=O) groups excluding carboxylic acids is 3. The van der Waals surface area contributed by atoms with Crippen molar-refractivity contribution in [3.8, 4) is 0 Å². The summed E-state index contributed by atoms with van der Waals surface area (Å²) in [5, 5.41) is 2.74. The molecule has 1 heterocycles. The average Bonchev–Trinajstić information content (AvgIpc) is 3.33. The van der Waals surface area contributed by atoms with Crippen LogP contribution in [0.4, 0.5) is 14.9 Å². The quantitative estimate of drug-likeness (QED) is 0.836. The molecule has 2 aliphatic rings. The van der Waals surface area contributed by atoms with Crippen LogP contribution in [0.15, 0.2) is 24.3 Å². The van der Waals surface area contributed by atoms with E-state index in [0.29, 0.717) is 18.2 Å². The smallest absolute Gasteiger partial charge is 0.332 e. The zero-order chi connectivity index (χ0) is 16.6. The van der Waals surface area contributed by atoms with Crippen LogP contribution < -0.4 is 10.2 Å². The molecular formula is C16H18FN3O3. The third-order valence-corrected chi connectivity index (χ3v) is 4.14. The highest BCUT2D eigenvalue weighted by Gasteiger charge is 2.44. The molecule has 0 aromatic heterocycles. The number of hydrogen-bond donors (Lipinski definition) is 1. The molecule has 1 unspecified atom stereocenters. The molecule has 0 radical (unpaired) electrons. The summed E-state index contributed by atoms with van der Waals surface area (Å²) >= 11 is 0. The van der Waals surface area contributed by atoms with Gasteiger partial charge in [0.25, 0.3) is 5.91 Å². The maximum absolute atomic E-state index is 13.0. The number of rotatable bonds is 5. The van der Waals surface area contributed by atoms with Crippen molar-refractivity contribution in [3.05, 3.63) is 30.1 Å². The number of carbonyl (C=O) groups is 3. The standard InChI is InChI=1S/C16H18FN3O3/c1-10-15(22)19(9-14(21)18-8-11-2-3-11)16(23)20(10)13-6-4-12(17)5-7-13/h4-7,10-11H,2-3,8-9H2,1H3,(H,18,21). The topological polar surface area (TPSA) is 69.7 Å². The number of nitrogens with zero attached hydrogens (tertiary/aromatic N) is 2. The lowest BCUT2D eigenvalue weighted by Crippen LogP contribution is -2.42. The SMILES string of the molecule is CC1C(=O)N(CC(=O)NCC2CC2)C(=O)N1c1ccc(F)cc1. The largest absolute Gasteiger partial charge is 0.354 e.